The zero-order valence-electron chi connectivity index (χ0n) is 7.43. The number of halogens is 1. The van der Waals surface area contributed by atoms with Crippen LogP contribution in [-0.2, 0) is 19.5 Å². The van der Waals surface area contributed by atoms with Crippen molar-refractivity contribution >= 4 is 26.7 Å². The molecule has 0 saturated heterocycles. The number of carbonyl (C=O) groups is 1. The van der Waals surface area contributed by atoms with Gasteiger partial charge in [-0.2, -0.15) is 0 Å². The van der Waals surface area contributed by atoms with Crippen molar-refractivity contribution in [3.63, 3.8) is 0 Å². The molecule has 0 fully saturated rings. The van der Waals surface area contributed by atoms with E-state index in [1.807, 2.05) is 0 Å². The summed E-state index contributed by atoms with van der Waals surface area (Å²) in [6, 6.07) is 0. The van der Waals surface area contributed by atoms with Crippen LogP contribution in [0.4, 0.5) is 0 Å². The van der Waals surface area contributed by atoms with Gasteiger partial charge in [-0.3, -0.25) is 4.79 Å². The average Bonchev–Trinajstić information content (AvgIpc) is 1.79. The highest BCUT2D eigenvalue weighted by atomic mass is 35.7. The van der Waals surface area contributed by atoms with Crippen LogP contribution in [0.3, 0.4) is 0 Å². The van der Waals surface area contributed by atoms with Crippen LogP contribution in [0.15, 0.2) is 0 Å². The van der Waals surface area contributed by atoms with Gasteiger partial charge in [-0.25, -0.2) is 4.21 Å². The highest BCUT2D eigenvalue weighted by Gasteiger charge is 2.16. The number of hydrogen-bond acceptors (Lipinski definition) is 3. The molecule has 0 aromatic carbocycles. The lowest BCUT2D eigenvalue weighted by molar-refractivity contribution is -0.154. The first-order valence-corrected chi connectivity index (χ1v) is 5.72. The Kier molecular flexibility index (Phi) is 4.78. The quantitative estimate of drug-likeness (QED) is 0.528. The lowest BCUT2D eigenvalue weighted by Gasteiger charge is -2.18. The van der Waals surface area contributed by atoms with E-state index in [1.165, 1.54) is 0 Å². The highest BCUT2D eigenvalue weighted by Crippen LogP contribution is 2.08. The zero-order valence-corrected chi connectivity index (χ0v) is 9.00. The van der Waals surface area contributed by atoms with Gasteiger partial charge in [-0.15, -0.1) is 0 Å². The van der Waals surface area contributed by atoms with E-state index in [9.17, 15) is 9.00 Å². The molecule has 3 nitrogen and oxygen atoms in total. The fourth-order valence-corrected chi connectivity index (χ4v) is 1.11. The van der Waals surface area contributed by atoms with Crippen molar-refractivity contribution in [1.82, 2.24) is 0 Å². The van der Waals surface area contributed by atoms with Gasteiger partial charge in [-0.05, 0) is 31.5 Å². The van der Waals surface area contributed by atoms with E-state index in [0.29, 0.717) is 0 Å². The Labute approximate surface area is 79.4 Å². The van der Waals surface area contributed by atoms with Crippen LogP contribution in [0.2, 0.25) is 0 Å². The van der Waals surface area contributed by atoms with Crippen LogP contribution in [-0.4, -0.2) is 21.5 Å². The Morgan fingerprint density at radius 1 is 1.50 bits per heavy atom. The van der Waals surface area contributed by atoms with Crippen molar-refractivity contribution in [1.29, 1.82) is 0 Å². The fraction of sp³-hybridized carbons (Fsp3) is 0.857. The minimum atomic E-state index is -1.44. The Morgan fingerprint density at radius 3 is 2.33 bits per heavy atom. The summed E-state index contributed by atoms with van der Waals surface area (Å²) in [6.45, 7) is 5.34. The van der Waals surface area contributed by atoms with Gasteiger partial charge in [0.05, 0.1) is 6.42 Å². The van der Waals surface area contributed by atoms with E-state index < -0.39 is 15.6 Å². The first kappa shape index (κ1) is 11.9. The van der Waals surface area contributed by atoms with Gasteiger partial charge in [0.1, 0.15) is 15.6 Å². The summed E-state index contributed by atoms with van der Waals surface area (Å²) in [4.78, 5) is 10.9. The summed E-state index contributed by atoms with van der Waals surface area (Å²) in [6.07, 6.45) is 0.105. The second-order valence-corrected chi connectivity index (χ2v) is 5.35. The number of carbonyl (C=O) groups excluding carboxylic acids is 1. The van der Waals surface area contributed by atoms with E-state index in [1.54, 1.807) is 20.8 Å². The molecule has 0 spiro atoms. The van der Waals surface area contributed by atoms with E-state index in [4.69, 9.17) is 15.4 Å². The monoisotopic (exact) mass is 212 g/mol. The Morgan fingerprint density at radius 2 is 2.00 bits per heavy atom. The molecule has 72 valence electrons. The molecule has 0 saturated carbocycles. The Balaban J connectivity index is 3.68. The van der Waals surface area contributed by atoms with Crippen molar-refractivity contribution in [2.75, 3.05) is 5.75 Å². The number of esters is 1. The maximum absolute atomic E-state index is 10.9. The van der Waals surface area contributed by atoms with Crippen LogP contribution in [0.25, 0.3) is 0 Å². The maximum Gasteiger partial charge on any atom is 0.307 e. The lowest BCUT2D eigenvalue weighted by Crippen LogP contribution is -2.24. The molecule has 0 amide bonds. The second-order valence-electron chi connectivity index (χ2n) is 3.33. The van der Waals surface area contributed by atoms with Gasteiger partial charge in [0, 0.05) is 5.75 Å². The van der Waals surface area contributed by atoms with E-state index in [2.05, 4.69) is 0 Å². The van der Waals surface area contributed by atoms with Crippen LogP contribution in [0, 0.1) is 0 Å². The molecule has 5 heteroatoms. The average molecular weight is 213 g/mol. The molecule has 0 heterocycles. The van der Waals surface area contributed by atoms with Gasteiger partial charge in [0.15, 0.2) is 0 Å². The molecule has 0 aliphatic carbocycles. The van der Waals surface area contributed by atoms with Crippen molar-refractivity contribution < 1.29 is 13.7 Å². The van der Waals surface area contributed by atoms with Crippen molar-refractivity contribution in [2.24, 2.45) is 0 Å². The first-order chi connectivity index (χ1) is 5.31. The van der Waals surface area contributed by atoms with Crippen molar-refractivity contribution in [3.8, 4) is 0 Å². The molecule has 0 rings (SSSR count). The molecule has 0 aliphatic rings. The normalized spacial score (nSPS) is 14.0. The van der Waals surface area contributed by atoms with E-state index in [-0.39, 0.29) is 18.1 Å². The van der Waals surface area contributed by atoms with Crippen LogP contribution >= 0.6 is 10.7 Å². The third-order valence-electron chi connectivity index (χ3n) is 0.887. The van der Waals surface area contributed by atoms with Gasteiger partial charge in [-0.1, -0.05) is 0 Å². The summed E-state index contributed by atoms with van der Waals surface area (Å²) >= 11 is 0. The predicted molar refractivity (Wildman–Crippen MR) is 49.3 cm³/mol. The van der Waals surface area contributed by atoms with E-state index in [0.717, 1.165) is 0 Å². The molecule has 0 N–H and O–H groups in total. The van der Waals surface area contributed by atoms with Gasteiger partial charge < -0.3 is 4.74 Å². The molecule has 0 radical (unpaired) electrons. The minimum absolute atomic E-state index is 0.105. The van der Waals surface area contributed by atoms with Crippen LogP contribution in [0.1, 0.15) is 27.2 Å². The smallest absolute Gasteiger partial charge is 0.307 e. The van der Waals surface area contributed by atoms with E-state index >= 15 is 0 Å². The minimum Gasteiger partial charge on any atom is -0.460 e. The Hall–Kier alpha value is -0.0900. The summed E-state index contributed by atoms with van der Waals surface area (Å²) in [5, 5.41) is 0. The van der Waals surface area contributed by atoms with Crippen molar-refractivity contribution in [2.45, 2.75) is 32.8 Å². The number of rotatable bonds is 3. The second kappa shape index (κ2) is 4.82. The number of ether oxygens (including phenoxy) is 1. The van der Waals surface area contributed by atoms with Crippen molar-refractivity contribution in [3.05, 3.63) is 0 Å². The molecule has 0 aromatic rings. The third kappa shape index (κ3) is 8.01. The molecule has 1 atom stereocenters. The van der Waals surface area contributed by atoms with Gasteiger partial charge in [0.25, 0.3) is 0 Å². The first-order valence-electron chi connectivity index (χ1n) is 3.58. The standard InChI is InChI=1S/C7H13ClO3S/c1-7(2,3)11-6(9)4-5-12(8)10/h4-5H2,1-3H3. The molecular formula is C7H13ClO3S. The van der Waals surface area contributed by atoms with Gasteiger partial charge in [0.2, 0.25) is 0 Å². The number of hydrogen-bond donors (Lipinski definition) is 0. The molecule has 0 aliphatic heterocycles. The Bertz CT molecular complexity index is 186. The van der Waals surface area contributed by atoms with Gasteiger partial charge >= 0.3 is 5.97 Å². The summed E-state index contributed by atoms with van der Waals surface area (Å²) < 4.78 is 15.3. The maximum atomic E-state index is 10.9. The zero-order chi connectivity index (χ0) is 9.78. The molecular weight excluding hydrogens is 200 g/mol. The largest absolute Gasteiger partial charge is 0.460 e. The highest BCUT2D eigenvalue weighted by molar-refractivity contribution is 8.08. The van der Waals surface area contributed by atoms with Crippen LogP contribution < -0.4 is 0 Å². The SMILES string of the molecule is CC(C)(C)OC(=O)CCS(=O)Cl. The molecule has 0 bridgehead atoms. The fourth-order valence-electron chi connectivity index (χ4n) is 0.556. The predicted octanol–water partition coefficient (Wildman–Crippen LogP) is 1.62. The summed E-state index contributed by atoms with van der Waals surface area (Å²) in [5.74, 6) is -0.215. The summed E-state index contributed by atoms with van der Waals surface area (Å²) in [7, 11) is 3.71. The van der Waals surface area contributed by atoms with Crippen LogP contribution in [0.5, 0.6) is 0 Å². The third-order valence-corrected chi connectivity index (χ3v) is 1.87. The molecule has 1 unspecified atom stereocenters. The summed E-state index contributed by atoms with van der Waals surface area (Å²) in [5.41, 5.74) is -0.481. The lowest BCUT2D eigenvalue weighted by atomic mass is 10.2. The molecule has 12 heavy (non-hydrogen) atoms. The molecule has 0 aromatic heterocycles. The topological polar surface area (TPSA) is 43.4 Å².